The summed E-state index contributed by atoms with van der Waals surface area (Å²) >= 11 is 0. The van der Waals surface area contributed by atoms with E-state index in [1.807, 2.05) is 26.8 Å². The van der Waals surface area contributed by atoms with Crippen LogP contribution in [-0.2, 0) is 22.6 Å². The molecule has 2 aromatic rings. The van der Waals surface area contributed by atoms with Gasteiger partial charge in [-0.25, -0.2) is 4.98 Å². The van der Waals surface area contributed by atoms with Crippen molar-refractivity contribution >= 4 is 17.6 Å². The Labute approximate surface area is 174 Å². The summed E-state index contributed by atoms with van der Waals surface area (Å²) in [5.41, 5.74) is 13.9. The molecule has 6 N–H and O–H groups in total. The fourth-order valence-electron chi connectivity index (χ4n) is 2.21. The number of nitrogens with two attached hydrogens (primary N) is 2. The maximum Gasteiger partial charge on any atom is 0.242 e. The second kappa shape index (κ2) is 15.0. The van der Waals surface area contributed by atoms with Crippen molar-refractivity contribution in [3.05, 3.63) is 59.3 Å². The lowest BCUT2D eigenvalue weighted by molar-refractivity contribution is -0.128. The first-order valence-corrected chi connectivity index (χ1v) is 9.89. The molecule has 0 aliphatic carbocycles. The number of rotatable bonds is 6. The average molecular weight is 402 g/mol. The third-order valence-electron chi connectivity index (χ3n) is 3.90. The highest BCUT2D eigenvalue weighted by Crippen LogP contribution is 2.08. The lowest BCUT2D eigenvalue weighted by Crippen LogP contribution is -2.46. The Kier molecular flexibility index (Phi) is 13.5. The molecule has 1 aromatic carbocycles. The molecular weight excluding hydrogens is 366 g/mol. The van der Waals surface area contributed by atoms with E-state index in [0.717, 1.165) is 17.5 Å². The number of aryl methyl sites for hydroxylation is 2. The quantitative estimate of drug-likeness (QED) is 0.591. The van der Waals surface area contributed by atoms with Gasteiger partial charge in [0.1, 0.15) is 11.9 Å². The van der Waals surface area contributed by atoms with E-state index in [1.54, 1.807) is 19.2 Å². The van der Waals surface area contributed by atoms with E-state index >= 15 is 0 Å². The average Bonchev–Trinajstić information content (AvgIpc) is 2.75. The second-order valence-electron chi connectivity index (χ2n) is 6.09. The van der Waals surface area contributed by atoms with Crippen LogP contribution in [0, 0.1) is 6.92 Å². The van der Waals surface area contributed by atoms with Crippen LogP contribution < -0.4 is 22.1 Å². The summed E-state index contributed by atoms with van der Waals surface area (Å²) in [5, 5.41) is 5.19. The molecule has 2 rings (SSSR count). The van der Waals surface area contributed by atoms with E-state index in [-0.39, 0.29) is 18.4 Å². The van der Waals surface area contributed by atoms with Crippen LogP contribution in [0.4, 0.5) is 5.82 Å². The van der Waals surface area contributed by atoms with Crippen molar-refractivity contribution < 1.29 is 9.59 Å². The van der Waals surface area contributed by atoms with Gasteiger partial charge in [0.15, 0.2) is 0 Å². The predicted octanol–water partition coefficient (Wildman–Crippen LogP) is 2.33. The van der Waals surface area contributed by atoms with E-state index in [2.05, 4.69) is 46.8 Å². The molecule has 0 radical (unpaired) electrons. The number of anilines is 1. The number of carbonyl (C=O) groups is 2. The maximum atomic E-state index is 11.7. The number of amides is 2. The Bertz CT molecular complexity index is 735. The summed E-state index contributed by atoms with van der Waals surface area (Å²) in [6.07, 6.45) is 2.76. The van der Waals surface area contributed by atoms with Gasteiger partial charge in [-0.3, -0.25) is 9.59 Å². The Morgan fingerprint density at radius 2 is 1.79 bits per heavy atom. The fourth-order valence-corrected chi connectivity index (χ4v) is 2.21. The molecule has 0 aliphatic heterocycles. The maximum absolute atomic E-state index is 11.7. The molecule has 160 valence electrons. The van der Waals surface area contributed by atoms with Crippen molar-refractivity contribution in [3.63, 3.8) is 0 Å². The number of hydrogen-bond acceptors (Lipinski definition) is 5. The second-order valence-corrected chi connectivity index (χ2v) is 6.09. The Hall–Kier alpha value is -2.93. The minimum Gasteiger partial charge on any atom is -0.384 e. The first-order valence-electron chi connectivity index (χ1n) is 9.89. The van der Waals surface area contributed by atoms with Gasteiger partial charge in [-0.2, -0.15) is 0 Å². The van der Waals surface area contributed by atoms with Gasteiger partial charge in [-0.05, 0) is 43.0 Å². The van der Waals surface area contributed by atoms with Crippen LogP contribution in [-0.4, -0.2) is 29.4 Å². The molecule has 0 aliphatic rings. The lowest BCUT2D eigenvalue weighted by atomic mass is 10.1. The topological polar surface area (TPSA) is 123 Å². The summed E-state index contributed by atoms with van der Waals surface area (Å²) in [7, 11) is 0. The van der Waals surface area contributed by atoms with E-state index in [9.17, 15) is 9.59 Å². The first kappa shape index (κ1) is 26.1. The highest BCUT2D eigenvalue weighted by atomic mass is 16.2. The number of pyridine rings is 1. The van der Waals surface area contributed by atoms with Crippen molar-refractivity contribution in [3.8, 4) is 0 Å². The number of benzene rings is 1. The fraction of sp³-hybridized carbons (Fsp3) is 0.409. The molecule has 0 spiro atoms. The highest BCUT2D eigenvalue weighted by molar-refractivity contribution is 5.87. The van der Waals surface area contributed by atoms with Crippen LogP contribution in [0.25, 0.3) is 0 Å². The largest absolute Gasteiger partial charge is 0.384 e. The van der Waals surface area contributed by atoms with Gasteiger partial charge in [0.05, 0.1) is 6.54 Å². The van der Waals surface area contributed by atoms with Crippen LogP contribution >= 0.6 is 0 Å². The van der Waals surface area contributed by atoms with E-state index < -0.39 is 6.04 Å². The number of hydrogen-bond donors (Lipinski definition) is 4. The zero-order chi connectivity index (χ0) is 22.2. The third kappa shape index (κ3) is 10.8. The molecule has 0 saturated carbocycles. The molecule has 2 amide bonds. The van der Waals surface area contributed by atoms with E-state index in [0.29, 0.717) is 12.4 Å². The van der Waals surface area contributed by atoms with Crippen LogP contribution in [0.2, 0.25) is 0 Å². The minimum absolute atomic E-state index is 0.140. The van der Waals surface area contributed by atoms with Gasteiger partial charge in [0.2, 0.25) is 11.8 Å². The number of carbonyl (C=O) groups excluding carboxylic acids is 2. The van der Waals surface area contributed by atoms with Gasteiger partial charge in [-0.1, -0.05) is 51.1 Å². The SMILES string of the molecule is CC.CCc1ccccc1.Cc1cc(N)ncc1CNC(=O)C(C)NC(=O)CN. The number of nitrogens with zero attached hydrogens (tertiary/aromatic N) is 1. The molecule has 0 bridgehead atoms. The molecule has 1 atom stereocenters. The molecular formula is C22H35N5O2. The van der Waals surface area contributed by atoms with Crippen LogP contribution in [0.15, 0.2) is 42.6 Å². The molecule has 0 saturated heterocycles. The lowest BCUT2D eigenvalue weighted by Gasteiger charge is -2.14. The summed E-state index contributed by atoms with van der Waals surface area (Å²) in [5.74, 6) is -0.206. The van der Waals surface area contributed by atoms with Gasteiger partial charge in [-0.15, -0.1) is 0 Å². The van der Waals surface area contributed by atoms with Crippen LogP contribution in [0.5, 0.6) is 0 Å². The predicted molar refractivity (Wildman–Crippen MR) is 119 cm³/mol. The molecule has 1 aromatic heterocycles. The standard InChI is InChI=1S/C12H19N5O2.C8H10.C2H6/c1-7-3-10(14)15-5-9(7)6-16-12(19)8(2)17-11(18)4-13;1-2-8-6-4-3-5-7-8;1-2/h3,5,8H,4,6,13H2,1-2H3,(H2,14,15)(H,16,19)(H,17,18);3-7H,2H2,1H3;1-2H3. The summed E-state index contributed by atoms with van der Waals surface area (Å²) in [6, 6.07) is 11.6. The highest BCUT2D eigenvalue weighted by Gasteiger charge is 2.14. The van der Waals surface area contributed by atoms with Gasteiger partial charge in [0, 0.05) is 12.7 Å². The molecule has 7 nitrogen and oxygen atoms in total. The molecule has 29 heavy (non-hydrogen) atoms. The summed E-state index contributed by atoms with van der Waals surface area (Å²) < 4.78 is 0. The summed E-state index contributed by atoms with van der Waals surface area (Å²) in [6.45, 7) is 9.84. The van der Waals surface area contributed by atoms with Crippen molar-refractivity contribution in [2.24, 2.45) is 5.73 Å². The van der Waals surface area contributed by atoms with Gasteiger partial charge >= 0.3 is 0 Å². The van der Waals surface area contributed by atoms with E-state index in [1.165, 1.54) is 5.56 Å². The third-order valence-corrected chi connectivity index (χ3v) is 3.90. The Balaban J connectivity index is 0.000000649. The van der Waals surface area contributed by atoms with E-state index in [4.69, 9.17) is 11.5 Å². The minimum atomic E-state index is -0.627. The molecule has 7 heteroatoms. The monoisotopic (exact) mass is 401 g/mol. The zero-order valence-corrected chi connectivity index (χ0v) is 18.2. The summed E-state index contributed by atoms with van der Waals surface area (Å²) in [4.78, 5) is 26.8. The van der Waals surface area contributed by atoms with Crippen molar-refractivity contribution in [2.75, 3.05) is 12.3 Å². The van der Waals surface area contributed by atoms with Crippen LogP contribution in [0.1, 0.15) is 44.4 Å². The molecule has 0 fully saturated rings. The normalized spacial score (nSPS) is 10.4. The van der Waals surface area contributed by atoms with Crippen LogP contribution in [0.3, 0.4) is 0 Å². The smallest absolute Gasteiger partial charge is 0.242 e. The van der Waals surface area contributed by atoms with Crippen molar-refractivity contribution in [1.29, 1.82) is 0 Å². The Morgan fingerprint density at radius 3 is 2.28 bits per heavy atom. The first-order chi connectivity index (χ1) is 13.9. The number of nitrogen functional groups attached to an aromatic ring is 1. The van der Waals surface area contributed by atoms with Crippen molar-refractivity contribution in [1.82, 2.24) is 15.6 Å². The zero-order valence-electron chi connectivity index (χ0n) is 18.2. The number of aromatic nitrogens is 1. The molecule has 1 unspecified atom stereocenters. The Morgan fingerprint density at radius 1 is 1.17 bits per heavy atom. The number of nitrogens with one attached hydrogen (secondary N) is 2. The molecule has 1 heterocycles. The van der Waals surface area contributed by atoms with Gasteiger partial charge < -0.3 is 22.1 Å². The van der Waals surface area contributed by atoms with Crippen molar-refractivity contribution in [2.45, 2.75) is 53.6 Å². The van der Waals surface area contributed by atoms with Gasteiger partial charge in [0.25, 0.3) is 0 Å².